The molecule has 5 nitrogen and oxygen atoms in total. The number of halogens is 1. The maximum Gasteiger partial charge on any atom is 0.156 e. The minimum Gasteiger partial charge on any atom is -0.486 e. The maximum absolute atomic E-state index is 12.8. The third-order valence-electron chi connectivity index (χ3n) is 3.14. The summed E-state index contributed by atoms with van der Waals surface area (Å²) in [5, 5.41) is 10.8. The second-order valence-corrected chi connectivity index (χ2v) is 8.31. The number of sulfone groups is 1. The molecular weight excluding hydrogens is 351 g/mol. The largest absolute Gasteiger partial charge is 0.486 e. The van der Waals surface area contributed by atoms with E-state index < -0.39 is 9.84 Å². The molecule has 0 radical (unpaired) electrons. The zero-order valence-corrected chi connectivity index (χ0v) is 14.6. The molecule has 128 valence electrons. The van der Waals surface area contributed by atoms with Gasteiger partial charge in [0.15, 0.2) is 9.84 Å². The van der Waals surface area contributed by atoms with Crippen molar-refractivity contribution in [3.63, 3.8) is 0 Å². The summed E-state index contributed by atoms with van der Waals surface area (Å²) in [4.78, 5) is 4.26. The van der Waals surface area contributed by atoms with Crippen molar-refractivity contribution < 1.29 is 17.5 Å². The summed E-state index contributed by atoms with van der Waals surface area (Å²) in [7, 11) is -3.22. The topological polar surface area (TPSA) is 80.0 Å². The summed E-state index contributed by atoms with van der Waals surface area (Å²) in [5.74, 6) is 0.150. The first-order valence-electron chi connectivity index (χ1n) is 7.37. The SMILES string of the molecule is N#CCCCCS(=O)(=O)Cc1csc(COc2ccc(F)cc2)n1. The average molecular weight is 368 g/mol. The summed E-state index contributed by atoms with van der Waals surface area (Å²) in [6.45, 7) is 0.207. The fourth-order valence-corrected chi connectivity index (χ4v) is 4.18. The quantitative estimate of drug-likeness (QED) is 0.633. The molecule has 0 saturated heterocycles. The zero-order valence-electron chi connectivity index (χ0n) is 12.9. The lowest BCUT2D eigenvalue weighted by atomic mass is 10.3. The number of hydrogen-bond donors (Lipinski definition) is 0. The van der Waals surface area contributed by atoms with E-state index in [0.717, 1.165) is 0 Å². The van der Waals surface area contributed by atoms with Crippen LogP contribution in [0.5, 0.6) is 5.75 Å². The second kappa shape index (κ2) is 8.76. The predicted octanol–water partition coefficient (Wildman–Crippen LogP) is 3.47. The first-order chi connectivity index (χ1) is 11.5. The first-order valence-corrected chi connectivity index (χ1v) is 10.1. The van der Waals surface area contributed by atoms with Gasteiger partial charge in [-0.25, -0.2) is 17.8 Å². The summed E-state index contributed by atoms with van der Waals surface area (Å²) in [6.07, 6.45) is 1.45. The van der Waals surface area contributed by atoms with Crippen LogP contribution < -0.4 is 4.74 Å². The van der Waals surface area contributed by atoms with Gasteiger partial charge in [-0.3, -0.25) is 0 Å². The number of ether oxygens (including phenoxy) is 1. The predicted molar refractivity (Wildman–Crippen MR) is 89.8 cm³/mol. The molecule has 0 fully saturated rings. The van der Waals surface area contributed by atoms with Gasteiger partial charge in [0.2, 0.25) is 0 Å². The van der Waals surface area contributed by atoms with Crippen molar-refractivity contribution >= 4 is 21.2 Å². The van der Waals surface area contributed by atoms with Crippen LogP contribution in [-0.4, -0.2) is 19.2 Å². The smallest absolute Gasteiger partial charge is 0.156 e. The molecule has 8 heteroatoms. The van der Waals surface area contributed by atoms with E-state index in [1.54, 1.807) is 5.38 Å². The number of rotatable bonds is 9. The molecule has 1 heterocycles. The number of unbranched alkanes of at least 4 members (excludes halogenated alkanes) is 2. The Bertz CT molecular complexity index is 795. The van der Waals surface area contributed by atoms with Crippen molar-refractivity contribution in [1.82, 2.24) is 4.98 Å². The summed E-state index contributed by atoms with van der Waals surface area (Å²) < 4.78 is 42.3. The van der Waals surface area contributed by atoms with Gasteiger partial charge in [-0.2, -0.15) is 5.26 Å². The monoisotopic (exact) mass is 368 g/mol. The molecule has 0 saturated carbocycles. The van der Waals surface area contributed by atoms with Gasteiger partial charge in [0.1, 0.15) is 23.2 Å². The zero-order chi connectivity index (χ0) is 17.4. The second-order valence-electron chi connectivity index (χ2n) is 5.18. The molecule has 2 rings (SSSR count). The summed E-state index contributed by atoms with van der Waals surface area (Å²) in [5.41, 5.74) is 0.498. The number of nitriles is 1. The average Bonchev–Trinajstić information content (AvgIpc) is 2.98. The molecule has 2 aromatic rings. The third kappa shape index (κ3) is 6.26. The summed E-state index contributed by atoms with van der Waals surface area (Å²) in [6, 6.07) is 7.66. The number of hydrogen-bond acceptors (Lipinski definition) is 6. The molecule has 0 spiro atoms. The Hall–Kier alpha value is -1.98. The Balaban J connectivity index is 1.84. The molecule has 1 aromatic carbocycles. The maximum atomic E-state index is 12.8. The highest BCUT2D eigenvalue weighted by molar-refractivity contribution is 7.90. The number of aromatic nitrogens is 1. The van der Waals surface area contributed by atoms with Crippen molar-refractivity contribution in [3.05, 3.63) is 46.2 Å². The lowest BCUT2D eigenvalue weighted by molar-refractivity contribution is 0.305. The van der Waals surface area contributed by atoms with Gasteiger partial charge in [0, 0.05) is 11.8 Å². The highest BCUT2D eigenvalue weighted by atomic mass is 32.2. The number of thiazole rings is 1. The van der Waals surface area contributed by atoms with Crippen molar-refractivity contribution in [2.75, 3.05) is 5.75 Å². The molecule has 0 bridgehead atoms. The van der Waals surface area contributed by atoms with E-state index in [4.69, 9.17) is 10.00 Å². The lowest BCUT2D eigenvalue weighted by Crippen LogP contribution is -2.09. The first kappa shape index (κ1) is 18.4. The Labute approximate surface area is 144 Å². The molecule has 0 unspecified atom stereocenters. The normalized spacial score (nSPS) is 11.2. The van der Waals surface area contributed by atoms with Crippen molar-refractivity contribution in [1.29, 1.82) is 5.26 Å². The van der Waals surface area contributed by atoms with Crippen LogP contribution in [-0.2, 0) is 22.2 Å². The van der Waals surface area contributed by atoms with Crippen LogP contribution in [0.15, 0.2) is 29.6 Å². The molecule has 0 aliphatic rings. The highest BCUT2D eigenvalue weighted by Gasteiger charge is 2.14. The van der Waals surface area contributed by atoms with Crippen LogP contribution in [0.25, 0.3) is 0 Å². The Kier molecular flexibility index (Phi) is 6.70. The molecule has 0 N–H and O–H groups in total. The third-order valence-corrected chi connectivity index (χ3v) is 5.65. The van der Waals surface area contributed by atoms with Crippen molar-refractivity contribution in [3.8, 4) is 11.8 Å². The van der Waals surface area contributed by atoms with Crippen molar-refractivity contribution in [2.45, 2.75) is 31.6 Å². The Morgan fingerprint density at radius 2 is 2.00 bits per heavy atom. The van der Waals surface area contributed by atoms with E-state index in [1.807, 2.05) is 6.07 Å². The van der Waals surface area contributed by atoms with Gasteiger partial charge < -0.3 is 4.74 Å². The fraction of sp³-hybridized carbons (Fsp3) is 0.375. The van der Waals surface area contributed by atoms with E-state index in [1.165, 1.54) is 35.6 Å². The van der Waals surface area contributed by atoms with E-state index in [9.17, 15) is 12.8 Å². The van der Waals surface area contributed by atoms with Crippen LogP contribution in [0.3, 0.4) is 0 Å². The molecule has 0 amide bonds. The van der Waals surface area contributed by atoms with Gasteiger partial charge in [0.05, 0.1) is 23.3 Å². The summed E-state index contributed by atoms with van der Waals surface area (Å²) >= 11 is 1.33. The van der Waals surface area contributed by atoms with Crippen LogP contribution in [0.2, 0.25) is 0 Å². The van der Waals surface area contributed by atoms with Gasteiger partial charge in [-0.15, -0.1) is 11.3 Å². The molecule has 0 atom stereocenters. The fourth-order valence-electron chi connectivity index (χ4n) is 1.98. The minimum atomic E-state index is -3.22. The van der Waals surface area contributed by atoms with Gasteiger partial charge in [-0.1, -0.05) is 0 Å². The molecule has 1 aromatic heterocycles. The molecule has 0 aliphatic heterocycles. The van der Waals surface area contributed by atoms with Gasteiger partial charge in [-0.05, 0) is 37.1 Å². The Morgan fingerprint density at radius 3 is 2.71 bits per heavy atom. The van der Waals surface area contributed by atoms with Crippen LogP contribution in [0.1, 0.15) is 30.0 Å². The number of benzene rings is 1. The lowest BCUT2D eigenvalue weighted by Gasteiger charge is -2.03. The van der Waals surface area contributed by atoms with E-state index in [2.05, 4.69) is 4.98 Å². The molecular formula is C16H17FN2O3S2. The van der Waals surface area contributed by atoms with E-state index in [0.29, 0.717) is 35.7 Å². The van der Waals surface area contributed by atoms with Crippen molar-refractivity contribution in [2.24, 2.45) is 0 Å². The Morgan fingerprint density at radius 1 is 1.25 bits per heavy atom. The number of nitrogens with zero attached hydrogens (tertiary/aromatic N) is 2. The van der Waals surface area contributed by atoms with Crippen LogP contribution >= 0.6 is 11.3 Å². The van der Waals surface area contributed by atoms with E-state index >= 15 is 0 Å². The standard InChI is InChI=1S/C16H17FN2O3S2/c17-13-4-6-15(7-5-13)22-10-16-19-14(11-23-16)12-24(20,21)9-3-1-2-8-18/h4-7,11H,1-3,9-10,12H2. The van der Waals surface area contributed by atoms with Crippen LogP contribution in [0, 0.1) is 17.1 Å². The molecule has 24 heavy (non-hydrogen) atoms. The van der Waals surface area contributed by atoms with Gasteiger partial charge in [0.25, 0.3) is 0 Å². The van der Waals surface area contributed by atoms with E-state index in [-0.39, 0.29) is 23.9 Å². The minimum absolute atomic E-state index is 0.0631. The molecule has 0 aliphatic carbocycles. The van der Waals surface area contributed by atoms with Gasteiger partial charge >= 0.3 is 0 Å². The highest BCUT2D eigenvalue weighted by Crippen LogP contribution is 2.17. The van der Waals surface area contributed by atoms with Crippen LogP contribution in [0.4, 0.5) is 4.39 Å².